The van der Waals surface area contributed by atoms with Crippen molar-refractivity contribution in [1.82, 2.24) is 4.90 Å². The van der Waals surface area contributed by atoms with Crippen molar-refractivity contribution in [3.8, 4) is 5.75 Å². The van der Waals surface area contributed by atoms with Crippen molar-refractivity contribution in [3.05, 3.63) is 102 Å². The Morgan fingerprint density at radius 2 is 1.41 bits per heavy atom. The zero-order valence-electron chi connectivity index (χ0n) is 18.3. The molecule has 3 aromatic rings. The Labute approximate surface area is 188 Å². The number of rotatable bonds is 8. The maximum Gasteiger partial charge on any atom is 0.278 e. The molecule has 5 nitrogen and oxygen atoms in total. The molecule has 3 aromatic carbocycles. The first-order valence-electron chi connectivity index (χ1n) is 10.8. The van der Waals surface area contributed by atoms with Crippen molar-refractivity contribution in [3.63, 3.8) is 0 Å². The van der Waals surface area contributed by atoms with E-state index in [1.165, 1.54) is 4.90 Å². The van der Waals surface area contributed by atoms with Crippen LogP contribution in [0, 0.1) is 0 Å². The predicted molar refractivity (Wildman–Crippen MR) is 126 cm³/mol. The number of imide groups is 1. The summed E-state index contributed by atoms with van der Waals surface area (Å²) in [5, 5.41) is 0. The summed E-state index contributed by atoms with van der Waals surface area (Å²) >= 11 is 0. The molecular weight excluding hydrogens is 400 g/mol. The lowest BCUT2D eigenvalue weighted by molar-refractivity contribution is -0.137. The number of para-hydroxylation sites is 1. The highest BCUT2D eigenvalue weighted by atomic mass is 16.5. The first kappa shape index (κ1) is 21.4. The normalized spacial score (nSPS) is 13.6. The van der Waals surface area contributed by atoms with E-state index in [1.54, 1.807) is 0 Å². The van der Waals surface area contributed by atoms with E-state index in [1.807, 2.05) is 104 Å². The van der Waals surface area contributed by atoms with Gasteiger partial charge in [0.2, 0.25) is 0 Å². The zero-order chi connectivity index (χ0) is 22.5. The molecule has 0 radical (unpaired) electrons. The van der Waals surface area contributed by atoms with Crippen molar-refractivity contribution >= 4 is 23.1 Å². The average molecular weight is 427 g/mol. The summed E-state index contributed by atoms with van der Waals surface area (Å²) in [5.41, 5.74) is 3.30. The second kappa shape index (κ2) is 9.52. The summed E-state index contributed by atoms with van der Waals surface area (Å²) in [6.45, 7) is 5.25. The highest BCUT2D eigenvalue weighted by Gasteiger charge is 2.41. The number of anilines is 1. The zero-order valence-corrected chi connectivity index (χ0v) is 18.3. The van der Waals surface area contributed by atoms with Gasteiger partial charge in [0, 0.05) is 12.2 Å². The number of hydrogen-bond acceptors (Lipinski definition) is 4. The van der Waals surface area contributed by atoms with Gasteiger partial charge in [0.15, 0.2) is 0 Å². The second-order valence-electron chi connectivity index (χ2n) is 7.44. The number of carbonyl (C=O) groups is 2. The smallest absolute Gasteiger partial charge is 0.278 e. The average Bonchev–Trinajstić information content (AvgIpc) is 3.07. The minimum Gasteiger partial charge on any atom is -0.494 e. The van der Waals surface area contributed by atoms with E-state index in [0.717, 1.165) is 17.0 Å². The van der Waals surface area contributed by atoms with Crippen LogP contribution in [0.15, 0.2) is 90.6 Å². The molecule has 162 valence electrons. The number of hydrogen-bond donors (Lipinski definition) is 0. The summed E-state index contributed by atoms with van der Waals surface area (Å²) in [5.74, 6) is 0.160. The fourth-order valence-corrected chi connectivity index (χ4v) is 3.95. The fourth-order valence-electron chi connectivity index (χ4n) is 3.95. The minimum atomic E-state index is -0.285. The third-order valence-corrected chi connectivity index (χ3v) is 5.44. The van der Waals surface area contributed by atoms with Gasteiger partial charge in [0.25, 0.3) is 11.8 Å². The van der Waals surface area contributed by atoms with Crippen LogP contribution in [-0.4, -0.2) is 29.9 Å². The number of nitrogens with zero attached hydrogens (tertiary/aromatic N) is 2. The summed E-state index contributed by atoms with van der Waals surface area (Å²) in [7, 11) is 0. The van der Waals surface area contributed by atoms with Crippen molar-refractivity contribution in [2.24, 2.45) is 0 Å². The topological polar surface area (TPSA) is 49.9 Å². The van der Waals surface area contributed by atoms with Gasteiger partial charge in [-0.2, -0.15) is 0 Å². The molecule has 0 N–H and O–H groups in total. The van der Waals surface area contributed by atoms with Crippen molar-refractivity contribution < 1.29 is 14.3 Å². The SMILES string of the molecule is CCOc1ccc(C2=C(N(CC)c3ccccc3)C(=O)N(Cc3ccccc3)C2=O)cc1. The first-order valence-corrected chi connectivity index (χ1v) is 10.8. The molecule has 4 rings (SSSR count). The van der Waals surface area contributed by atoms with Gasteiger partial charge in [-0.3, -0.25) is 14.5 Å². The van der Waals surface area contributed by atoms with E-state index in [9.17, 15) is 9.59 Å². The highest BCUT2D eigenvalue weighted by molar-refractivity contribution is 6.36. The quantitative estimate of drug-likeness (QED) is 0.481. The maximum absolute atomic E-state index is 13.6. The van der Waals surface area contributed by atoms with Gasteiger partial charge in [0.1, 0.15) is 11.4 Å². The summed E-state index contributed by atoms with van der Waals surface area (Å²) < 4.78 is 5.55. The van der Waals surface area contributed by atoms with Gasteiger partial charge >= 0.3 is 0 Å². The third kappa shape index (κ3) is 4.14. The van der Waals surface area contributed by atoms with Crippen LogP contribution < -0.4 is 9.64 Å². The number of carbonyl (C=O) groups excluding carboxylic acids is 2. The molecule has 1 aliphatic heterocycles. The van der Waals surface area contributed by atoms with E-state index in [4.69, 9.17) is 4.74 Å². The summed E-state index contributed by atoms with van der Waals surface area (Å²) in [6.07, 6.45) is 0. The number of benzene rings is 3. The Kier molecular flexibility index (Phi) is 6.36. The molecule has 0 spiro atoms. The summed E-state index contributed by atoms with van der Waals surface area (Å²) in [4.78, 5) is 30.5. The molecule has 0 atom stereocenters. The molecule has 2 amide bonds. The summed E-state index contributed by atoms with van der Waals surface area (Å²) in [6, 6.07) is 26.6. The molecule has 0 saturated carbocycles. The van der Waals surface area contributed by atoms with Crippen LogP contribution in [0.3, 0.4) is 0 Å². The Hall–Kier alpha value is -3.86. The molecule has 0 aromatic heterocycles. The van der Waals surface area contributed by atoms with Gasteiger partial charge in [-0.15, -0.1) is 0 Å². The molecule has 0 saturated heterocycles. The Morgan fingerprint density at radius 1 is 0.781 bits per heavy atom. The van der Waals surface area contributed by atoms with Gasteiger partial charge < -0.3 is 9.64 Å². The van der Waals surface area contributed by atoms with Crippen LogP contribution in [0.25, 0.3) is 5.57 Å². The lowest BCUT2D eigenvalue weighted by Gasteiger charge is -2.25. The van der Waals surface area contributed by atoms with Crippen molar-refractivity contribution in [1.29, 1.82) is 0 Å². The van der Waals surface area contributed by atoms with Crippen LogP contribution in [0.4, 0.5) is 5.69 Å². The second-order valence-corrected chi connectivity index (χ2v) is 7.44. The Balaban J connectivity index is 1.80. The number of ether oxygens (including phenoxy) is 1. The Bertz CT molecular complexity index is 1120. The maximum atomic E-state index is 13.6. The monoisotopic (exact) mass is 426 g/mol. The number of amides is 2. The van der Waals surface area contributed by atoms with Gasteiger partial charge in [-0.05, 0) is 49.2 Å². The van der Waals surface area contributed by atoms with Crippen LogP contribution in [0.2, 0.25) is 0 Å². The molecule has 0 fully saturated rings. The van der Waals surface area contributed by atoms with E-state index in [2.05, 4.69) is 0 Å². The minimum absolute atomic E-state index is 0.231. The highest BCUT2D eigenvalue weighted by Crippen LogP contribution is 2.35. The molecular formula is C27H26N2O3. The Morgan fingerprint density at radius 3 is 2.00 bits per heavy atom. The van der Waals surface area contributed by atoms with Crippen LogP contribution in [-0.2, 0) is 16.1 Å². The largest absolute Gasteiger partial charge is 0.494 e. The fraction of sp³-hybridized carbons (Fsp3) is 0.185. The molecule has 0 bridgehead atoms. The lowest BCUT2D eigenvalue weighted by Crippen LogP contribution is -2.34. The van der Waals surface area contributed by atoms with Gasteiger partial charge in [-0.1, -0.05) is 60.7 Å². The van der Waals surface area contributed by atoms with Gasteiger partial charge in [-0.25, -0.2) is 0 Å². The third-order valence-electron chi connectivity index (χ3n) is 5.44. The van der Waals surface area contributed by atoms with E-state index in [0.29, 0.717) is 30.0 Å². The van der Waals surface area contributed by atoms with E-state index < -0.39 is 0 Å². The van der Waals surface area contributed by atoms with E-state index >= 15 is 0 Å². The standard InChI is InChI=1S/C27H26N2O3/c1-3-28(22-13-9-6-10-14-22)25-24(21-15-17-23(18-16-21)32-4-2)26(30)29(27(25)31)19-20-11-7-5-8-12-20/h5-18H,3-4,19H2,1-2H3. The number of likely N-dealkylation sites (N-methyl/N-ethyl adjacent to an activating group) is 1. The lowest BCUT2D eigenvalue weighted by atomic mass is 10.0. The molecule has 5 heteroatoms. The molecule has 0 aliphatic carbocycles. The first-order chi connectivity index (χ1) is 15.6. The molecule has 1 heterocycles. The van der Waals surface area contributed by atoms with E-state index in [-0.39, 0.29) is 18.4 Å². The van der Waals surface area contributed by atoms with Gasteiger partial charge in [0.05, 0.1) is 18.7 Å². The van der Waals surface area contributed by atoms with Crippen LogP contribution >= 0.6 is 0 Å². The molecule has 32 heavy (non-hydrogen) atoms. The predicted octanol–water partition coefficient (Wildman–Crippen LogP) is 4.89. The van der Waals surface area contributed by atoms with Crippen molar-refractivity contribution in [2.45, 2.75) is 20.4 Å². The van der Waals surface area contributed by atoms with Crippen LogP contribution in [0.1, 0.15) is 25.0 Å². The molecule has 0 unspecified atom stereocenters. The molecule has 1 aliphatic rings. The van der Waals surface area contributed by atoms with Crippen LogP contribution in [0.5, 0.6) is 5.75 Å². The van der Waals surface area contributed by atoms with Crippen molar-refractivity contribution in [2.75, 3.05) is 18.1 Å².